The molecule has 1 aliphatic rings. The van der Waals surface area contributed by atoms with Crippen molar-refractivity contribution < 1.29 is 22.8 Å². The molecule has 0 atom stereocenters. The number of pyridine rings is 1. The number of carbonyl (C=O) groups excluding carboxylic acids is 2. The molecule has 9 nitrogen and oxygen atoms in total. The van der Waals surface area contributed by atoms with Crippen LogP contribution in [0.15, 0.2) is 42.6 Å². The minimum atomic E-state index is -4.54. The number of nitrogens with two attached hydrogens (primary N) is 1. The number of nitrogen functional groups attached to an aromatic ring is 1. The predicted octanol–water partition coefficient (Wildman–Crippen LogP) is 4.76. The molecule has 6 rings (SSSR count). The molecule has 0 aliphatic heterocycles. The number of carbonyl (C=O) groups is 2. The van der Waals surface area contributed by atoms with Crippen molar-refractivity contribution >= 4 is 61.0 Å². The van der Waals surface area contributed by atoms with Crippen molar-refractivity contribution in [1.82, 2.24) is 29.8 Å². The number of nitrogens with zero attached hydrogens (tertiary/aromatic N) is 6. The monoisotopic (exact) mass is 553 g/mol. The van der Waals surface area contributed by atoms with Gasteiger partial charge in [0.15, 0.2) is 5.01 Å². The number of hydrogen-bond donors (Lipinski definition) is 1. The zero-order valence-corrected chi connectivity index (χ0v) is 21.7. The molecule has 3 aromatic heterocycles. The Labute approximate surface area is 223 Å². The number of rotatable bonds is 4. The molecule has 1 saturated carbocycles. The highest BCUT2D eigenvalue weighted by Gasteiger charge is 2.37. The molecule has 2 aromatic carbocycles. The Morgan fingerprint density at radius 2 is 1.85 bits per heavy atom. The highest BCUT2D eigenvalue weighted by Crippen LogP contribution is 2.36. The molecule has 0 unspecified atom stereocenters. The molecule has 200 valence electrons. The highest BCUT2D eigenvalue weighted by atomic mass is 32.1. The normalized spacial score (nSPS) is 13.9. The number of thiazole rings is 1. The quantitative estimate of drug-likeness (QED) is 0.322. The average Bonchev–Trinajstić information content (AvgIpc) is 3.53. The van der Waals surface area contributed by atoms with Crippen molar-refractivity contribution in [2.24, 2.45) is 13.0 Å². The summed E-state index contributed by atoms with van der Waals surface area (Å²) in [5.41, 5.74) is 8.49. The Balaban J connectivity index is 1.40. The molecule has 0 bridgehead atoms. The van der Waals surface area contributed by atoms with Gasteiger partial charge in [-0.25, -0.2) is 15.0 Å². The second-order valence-corrected chi connectivity index (χ2v) is 10.6. The number of halogens is 3. The largest absolute Gasteiger partial charge is 0.443 e. The summed E-state index contributed by atoms with van der Waals surface area (Å²) in [4.78, 5) is 35.0. The SMILES string of the molecule is CN(C(=O)C1CC1)N(Cc1ccc2nc(C(F)(F)F)sc2c1)C(=O)c1ccc2nc(N)c3cnn(C)c3c2c1. The summed E-state index contributed by atoms with van der Waals surface area (Å²) >= 11 is 0.540. The molecule has 0 saturated heterocycles. The minimum absolute atomic E-state index is 0.0257. The molecule has 5 aromatic rings. The van der Waals surface area contributed by atoms with Crippen LogP contribution in [0.5, 0.6) is 0 Å². The molecule has 0 spiro atoms. The molecule has 0 radical (unpaired) electrons. The third kappa shape index (κ3) is 4.42. The van der Waals surface area contributed by atoms with E-state index in [0.29, 0.717) is 49.3 Å². The van der Waals surface area contributed by atoms with Crippen molar-refractivity contribution in [3.63, 3.8) is 0 Å². The third-order valence-corrected chi connectivity index (χ3v) is 7.89. The fourth-order valence-electron chi connectivity index (χ4n) is 4.63. The first-order valence-corrected chi connectivity index (χ1v) is 12.9. The lowest BCUT2D eigenvalue weighted by atomic mass is 10.1. The predicted molar refractivity (Wildman–Crippen MR) is 140 cm³/mol. The molecule has 2 N–H and O–H groups in total. The Hall–Kier alpha value is -4.26. The Kier molecular flexibility index (Phi) is 5.72. The number of anilines is 1. The van der Waals surface area contributed by atoms with Gasteiger partial charge in [-0.3, -0.25) is 19.3 Å². The summed E-state index contributed by atoms with van der Waals surface area (Å²) in [5.74, 6) is -0.457. The first-order chi connectivity index (χ1) is 18.5. The summed E-state index contributed by atoms with van der Waals surface area (Å²) < 4.78 is 41.5. The minimum Gasteiger partial charge on any atom is -0.383 e. The van der Waals surface area contributed by atoms with Gasteiger partial charge in [-0.1, -0.05) is 6.07 Å². The summed E-state index contributed by atoms with van der Waals surface area (Å²) in [5, 5.41) is 7.29. The molecule has 13 heteroatoms. The fourth-order valence-corrected chi connectivity index (χ4v) is 5.53. The molecular weight excluding hydrogens is 531 g/mol. The van der Waals surface area contributed by atoms with Crippen molar-refractivity contribution in [1.29, 1.82) is 0 Å². The summed E-state index contributed by atoms with van der Waals surface area (Å²) in [6.45, 7) is -0.0257. The van der Waals surface area contributed by atoms with Gasteiger partial charge < -0.3 is 5.73 Å². The van der Waals surface area contributed by atoms with Crippen LogP contribution in [-0.4, -0.2) is 48.6 Å². The van der Waals surface area contributed by atoms with Crippen LogP contribution in [0.25, 0.3) is 32.0 Å². The molecule has 39 heavy (non-hydrogen) atoms. The van der Waals surface area contributed by atoms with Crippen LogP contribution in [0.1, 0.15) is 33.8 Å². The van der Waals surface area contributed by atoms with Gasteiger partial charge >= 0.3 is 6.18 Å². The third-order valence-electron chi connectivity index (χ3n) is 6.82. The number of benzene rings is 2. The van der Waals surface area contributed by atoms with Gasteiger partial charge in [0, 0.05) is 31.0 Å². The van der Waals surface area contributed by atoms with Gasteiger partial charge in [-0.15, -0.1) is 11.3 Å². The Bertz CT molecular complexity index is 1790. The summed E-state index contributed by atoms with van der Waals surface area (Å²) in [7, 11) is 3.30. The Morgan fingerprint density at radius 3 is 2.56 bits per heavy atom. The van der Waals surface area contributed by atoms with E-state index in [-0.39, 0.29) is 23.9 Å². The van der Waals surface area contributed by atoms with Crippen LogP contribution < -0.4 is 5.73 Å². The van der Waals surface area contributed by atoms with E-state index in [9.17, 15) is 22.8 Å². The number of aromatic nitrogens is 4. The van der Waals surface area contributed by atoms with Gasteiger partial charge in [-0.05, 0) is 48.7 Å². The molecule has 1 aliphatic carbocycles. The van der Waals surface area contributed by atoms with Crippen molar-refractivity contribution in [2.45, 2.75) is 25.6 Å². The van der Waals surface area contributed by atoms with Crippen LogP contribution in [0.2, 0.25) is 0 Å². The number of aryl methyl sites for hydroxylation is 1. The van der Waals surface area contributed by atoms with E-state index < -0.39 is 17.1 Å². The smallest absolute Gasteiger partial charge is 0.383 e. The van der Waals surface area contributed by atoms with Crippen molar-refractivity contribution in [3.05, 3.63) is 58.7 Å². The maximum atomic E-state index is 13.9. The van der Waals surface area contributed by atoms with Gasteiger partial charge in [0.2, 0.25) is 5.91 Å². The molecular formula is C26H22F3N7O2S. The van der Waals surface area contributed by atoms with Crippen LogP contribution in [0.3, 0.4) is 0 Å². The van der Waals surface area contributed by atoms with E-state index in [0.717, 1.165) is 18.4 Å². The van der Waals surface area contributed by atoms with Crippen molar-refractivity contribution in [3.8, 4) is 0 Å². The molecule has 1 fully saturated rings. The van der Waals surface area contributed by atoms with Crippen LogP contribution >= 0.6 is 11.3 Å². The highest BCUT2D eigenvalue weighted by molar-refractivity contribution is 7.18. The van der Waals surface area contributed by atoms with E-state index in [1.165, 1.54) is 23.1 Å². The average molecular weight is 554 g/mol. The van der Waals surface area contributed by atoms with E-state index in [4.69, 9.17) is 5.73 Å². The number of amides is 2. The molecule has 2 amide bonds. The van der Waals surface area contributed by atoms with Gasteiger partial charge in [0.1, 0.15) is 5.82 Å². The number of hydrazine groups is 1. The van der Waals surface area contributed by atoms with E-state index in [1.807, 2.05) is 0 Å². The second-order valence-electron chi connectivity index (χ2n) is 9.58. The van der Waals surface area contributed by atoms with E-state index in [2.05, 4.69) is 15.1 Å². The molecule has 3 heterocycles. The lowest BCUT2D eigenvalue weighted by Crippen LogP contribution is -2.47. The first-order valence-electron chi connectivity index (χ1n) is 12.1. The lowest BCUT2D eigenvalue weighted by molar-refractivity contribution is -0.144. The fraction of sp³-hybridized carbons (Fsp3) is 0.269. The van der Waals surface area contributed by atoms with Gasteiger partial charge in [0.25, 0.3) is 5.91 Å². The van der Waals surface area contributed by atoms with E-state index >= 15 is 0 Å². The second kappa shape index (κ2) is 8.90. The maximum absolute atomic E-state index is 13.9. The summed E-state index contributed by atoms with van der Waals surface area (Å²) in [6.07, 6.45) is -1.43. The number of fused-ring (bicyclic) bond motifs is 4. The van der Waals surface area contributed by atoms with Crippen LogP contribution in [0, 0.1) is 5.92 Å². The standard InChI is InChI=1S/C26H22F3N7O2S/c1-34-21-16-10-15(6-8-18(16)32-22(30)17(21)11-31-34)24(38)36(35(2)23(37)14-4-5-14)12-13-3-7-19-20(9-13)39-25(33-19)26(27,28)29/h3,6-11,14H,4-5,12H2,1-2H3,(H2,30,32). The number of alkyl halides is 3. The number of hydrogen-bond acceptors (Lipinski definition) is 7. The van der Waals surface area contributed by atoms with Crippen molar-refractivity contribution in [2.75, 3.05) is 12.8 Å². The maximum Gasteiger partial charge on any atom is 0.443 e. The lowest BCUT2D eigenvalue weighted by Gasteiger charge is -2.32. The topological polar surface area (TPSA) is 110 Å². The van der Waals surface area contributed by atoms with Crippen LogP contribution in [0.4, 0.5) is 19.0 Å². The van der Waals surface area contributed by atoms with E-state index in [1.54, 1.807) is 48.3 Å². The summed E-state index contributed by atoms with van der Waals surface area (Å²) in [6, 6.07) is 9.68. The Morgan fingerprint density at radius 1 is 1.10 bits per heavy atom. The van der Waals surface area contributed by atoms with Crippen LogP contribution in [-0.2, 0) is 24.6 Å². The van der Waals surface area contributed by atoms with Gasteiger partial charge in [-0.2, -0.15) is 18.3 Å². The zero-order valence-electron chi connectivity index (χ0n) is 20.9. The van der Waals surface area contributed by atoms with Gasteiger partial charge in [0.05, 0.1) is 39.4 Å². The first kappa shape index (κ1) is 25.0. The zero-order chi connectivity index (χ0) is 27.6.